The Morgan fingerprint density at radius 2 is 2.03 bits per heavy atom. The van der Waals surface area contributed by atoms with E-state index in [1.54, 1.807) is 28.2 Å². The number of piperidine rings is 1. The van der Waals surface area contributed by atoms with Crippen LogP contribution in [-0.2, 0) is 20.8 Å². The molecule has 3 amide bonds. The zero-order valence-electron chi connectivity index (χ0n) is 17.2. The van der Waals surface area contributed by atoms with Gasteiger partial charge in [0.15, 0.2) is 0 Å². The Kier molecular flexibility index (Phi) is 5.64. The third-order valence-electron chi connectivity index (χ3n) is 6.43. The number of hydrogen-bond donors (Lipinski definition) is 1. The van der Waals surface area contributed by atoms with Crippen LogP contribution in [0.3, 0.4) is 0 Å². The van der Waals surface area contributed by atoms with Gasteiger partial charge in [-0.1, -0.05) is 30.3 Å². The zero-order valence-corrected chi connectivity index (χ0v) is 18.0. The van der Waals surface area contributed by atoms with Gasteiger partial charge in [0.05, 0.1) is 11.3 Å². The maximum atomic E-state index is 13.1. The fourth-order valence-electron chi connectivity index (χ4n) is 4.75. The van der Waals surface area contributed by atoms with E-state index >= 15 is 0 Å². The van der Waals surface area contributed by atoms with E-state index in [-0.39, 0.29) is 30.1 Å². The van der Waals surface area contributed by atoms with Crippen molar-refractivity contribution in [1.82, 2.24) is 9.80 Å². The Balaban J connectivity index is 1.59. The van der Waals surface area contributed by atoms with Crippen LogP contribution < -0.4 is 5.73 Å². The normalized spacial score (nSPS) is 24.3. The summed E-state index contributed by atoms with van der Waals surface area (Å²) >= 11 is 1.66. The van der Waals surface area contributed by atoms with Gasteiger partial charge in [0.2, 0.25) is 17.7 Å². The quantitative estimate of drug-likeness (QED) is 0.799. The average Bonchev–Trinajstić information content (AvgIpc) is 3.38. The van der Waals surface area contributed by atoms with Gasteiger partial charge in [-0.15, -0.1) is 11.3 Å². The maximum absolute atomic E-state index is 13.1. The van der Waals surface area contributed by atoms with Gasteiger partial charge in [-0.25, -0.2) is 0 Å². The summed E-state index contributed by atoms with van der Waals surface area (Å²) in [5.74, 6) is -0.730. The number of carbonyl (C=O) groups excluding carboxylic acids is 3. The monoisotopic (exact) mass is 425 g/mol. The number of nitrogens with two attached hydrogens (primary N) is 1. The molecule has 0 bridgehead atoms. The lowest BCUT2D eigenvalue weighted by molar-refractivity contribution is -0.143. The first-order valence-corrected chi connectivity index (χ1v) is 11.2. The summed E-state index contributed by atoms with van der Waals surface area (Å²) in [6, 6.07) is 12.2. The van der Waals surface area contributed by atoms with E-state index in [1.165, 1.54) is 0 Å². The highest BCUT2D eigenvalue weighted by Crippen LogP contribution is 2.38. The molecule has 2 unspecified atom stereocenters. The highest BCUT2D eigenvalue weighted by Gasteiger charge is 2.44. The number of rotatable bonds is 5. The summed E-state index contributed by atoms with van der Waals surface area (Å²) in [7, 11) is 1.72. The zero-order chi connectivity index (χ0) is 21.3. The van der Waals surface area contributed by atoms with Crippen LogP contribution in [0, 0.1) is 11.3 Å². The van der Waals surface area contributed by atoms with Gasteiger partial charge in [0.1, 0.15) is 0 Å². The van der Waals surface area contributed by atoms with E-state index in [0.717, 1.165) is 22.4 Å². The van der Waals surface area contributed by atoms with Gasteiger partial charge in [-0.05, 0) is 41.8 Å². The SMILES string of the molecule is CN1CC(C(=O)N2CCCC(Cc3ccccc3-c3cccs3)(C(N)=O)C2)CC1=O. The van der Waals surface area contributed by atoms with Crippen molar-refractivity contribution >= 4 is 29.1 Å². The first kappa shape index (κ1) is 20.6. The highest BCUT2D eigenvalue weighted by molar-refractivity contribution is 7.13. The fourth-order valence-corrected chi connectivity index (χ4v) is 5.54. The smallest absolute Gasteiger partial charge is 0.228 e. The first-order valence-electron chi connectivity index (χ1n) is 10.3. The molecule has 0 radical (unpaired) electrons. The molecule has 1 aromatic carbocycles. The van der Waals surface area contributed by atoms with Crippen LogP contribution in [0.4, 0.5) is 0 Å². The van der Waals surface area contributed by atoms with E-state index in [0.29, 0.717) is 32.5 Å². The summed E-state index contributed by atoms with van der Waals surface area (Å²) in [4.78, 5) is 42.2. The third kappa shape index (κ3) is 3.86. The van der Waals surface area contributed by atoms with Gasteiger partial charge in [0, 0.05) is 38.0 Å². The van der Waals surface area contributed by atoms with E-state index in [2.05, 4.69) is 12.1 Å². The van der Waals surface area contributed by atoms with Crippen LogP contribution in [-0.4, -0.2) is 54.2 Å². The molecule has 30 heavy (non-hydrogen) atoms. The molecule has 2 aromatic rings. The number of hydrogen-bond acceptors (Lipinski definition) is 4. The molecule has 2 N–H and O–H groups in total. The number of thiophene rings is 1. The lowest BCUT2D eigenvalue weighted by Crippen LogP contribution is -2.54. The molecule has 2 aliphatic heterocycles. The fraction of sp³-hybridized carbons (Fsp3) is 0.435. The minimum Gasteiger partial charge on any atom is -0.369 e. The number of amides is 3. The highest BCUT2D eigenvalue weighted by atomic mass is 32.1. The lowest BCUT2D eigenvalue weighted by atomic mass is 9.73. The minimum absolute atomic E-state index is 0.00333. The molecule has 3 heterocycles. The first-order chi connectivity index (χ1) is 14.4. The Morgan fingerprint density at radius 3 is 2.70 bits per heavy atom. The maximum Gasteiger partial charge on any atom is 0.228 e. The molecular weight excluding hydrogens is 398 g/mol. The van der Waals surface area contributed by atoms with Crippen molar-refractivity contribution in [3.05, 3.63) is 47.3 Å². The lowest BCUT2D eigenvalue weighted by Gasteiger charge is -2.42. The van der Waals surface area contributed by atoms with Crippen LogP contribution >= 0.6 is 11.3 Å². The molecule has 0 aliphatic carbocycles. The van der Waals surface area contributed by atoms with Crippen molar-refractivity contribution in [2.45, 2.75) is 25.7 Å². The second kappa shape index (κ2) is 8.22. The van der Waals surface area contributed by atoms with Crippen LogP contribution in [0.15, 0.2) is 41.8 Å². The van der Waals surface area contributed by atoms with Crippen molar-refractivity contribution in [3.63, 3.8) is 0 Å². The second-order valence-electron chi connectivity index (χ2n) is 8.49. The van der Waals surface area contributed by atoms with Crippen LogP contribution in [0.2, 0.25) is 0 Å². The van der Waals surface area contributed by atoms with Gasteiger partial charge >= 0.3 is 0 Å². The predicted molar refractivity (Wildman–Crippen MR) is 117 cm³/mol. The number of nitrogens with zero attached hydrogens (tertiary/aromatic N) is 2. The van der Waals surface area contributed by atoms with Crippen molar-refractivity contribution in [3.8, 4) is 10.4 Å². The summed E-state index contributed by atoms with van der Waals surface area (Å²) in [5, 5.41) is 2.04. The standard InChI is InChI=1S/C23H27N3O3S/c1-25-14-17(12-20(25)27)21(28)26-10-5-9-23(15-26,22(24)29)13-16-6-2-3-7-18(16)19-8-4-11-30-19/h2-4,6-8,11,17H,5,9-10,12-15H2,1H3,(H2,24,29). The molecule has 158 valence electrons. The summed E-state index contributed by atoms with van der Waals surface area (Å²) in [6.45, 7) is 1.36. The molecule has 0 spiro atoms. The molecule has 2 atom stereocenters. The number of primary amides is 1. The second-order valence-corrected chi connectivity index (χ2v) is 9.44. The predicted octanol–water partition coefficient (Wildman–Crippen LogP) is 2.53. The van der Waals surface area contributed by atoms with Crippen molar-refractivity contribution in [2.24, 2.45) is 17.1 Å². The van der Waals surface area contributed by atoms with Crippen LogP contribution in [0.5, 0.6) is 0 Å². The number of benzene rings is 1. The van der Waals surface area contributed by atoms with Gasteiger partial charge in [-0.3, -0.25) is 14.4 Å². The molecule has 6 nitrogen and oxygen atoms in total. The van der Waals surface area contributed by atoms with E-state index < -0.39 is 5.41 Å². The largest absolute Gasteiger partial charge is 0.369 e. The Morgan fingerprint density at radius 1 is 1.23 bits per heavy atom. The topological polar surface area (TPSA) is 83.7 Å². The molecule has 2 aliphatic rings. The molecule has 2 fully saturated rings. The molecule has 7 heteroatoms. The molecular formula is C23H27N3O3S. The third-order valence-corrected chi connectivity index (χ3v) is 7.34. The van der Waals surface area contributed by atoms with Crippen molar-refractivity contribution in [1.29, 1.82) is 0 Å². The Bertz CT molecular complexity index is 958. The van der Waals surface area contributed by atoms with Gasteiger partial charge in [-0.2, -0.15) is 0 Å². The summed E-state index contributed by atoms with van der Waals surface area (Å²) < 4.78 is 0. The van der Waals surface area contributed by atoms with Crippen LogP contribution in [0.25, 0.3) is 10.4 Å². The summed E-state index contributed by atoms with van der Waals surface area (Å²) in [6.07, 6.45) is 2.14. The van der Waals surface area contributed by atoms with E-state index in [1.807, 2.05) is 29.6 Å². The number of likely N-dealkylation sites (tertiary alicyclic amines) is 2. The molecule has 4 rings (SSSR count). The van der Waals surface area contributed by atoms with Gasteiger partial charge < -0.3 is 15.5 Å². The van der Waals surface area contributed by atoms with E-state index in [9.17, 15) is 14.4 Å². The minimum atomic E-state index is -0.796. The van der Waals surface area contributed by atoms with Crippen molar-refractivity contribution in [2.75, 3.05) is 26.7 Å². The molecule has 1 aromatic heterocycles. The van der Waals surface area contributed by atoms with Crippen molar-refractivity contribution < 1.29 is 14.4 Å². The van der Waals surface area contributed by atoms with Gasteiger partial charge in [0.25, 0.3) is 0 Å². The number of carbonyl (C=O) groups is 3. The molecule has 2 saturated heterocycles. The average molecular weight is 426 g/mol. The molecule has 0 saturated carbocycles. The Labute approximate surface area is 180 Å². The Hall–Kier alpha value is -2.67. The summed E-state index contributed by atoms with van der Waals surface area (Å²) in [5.41, 5.74) is 7.33. The van der Waals surface area contributed by atoms with E-state index in [4.69, 9.17) is 5.73 Å². The van der Waals surface area contributed by atoms with Crippen LogP contribution in [0.1, 0.15) is 24.8 Å².